The predicted octanol–water partition coefficient (Wildman–Crippen LogP) is 6.40. The van der Waals surface area contributed by atoms with Crippen molar-refractivity contribution in [1.29, 1.82) is 0 Å². The minimum Gasteiger partial charge on any atom is -0.494 e. The largest absolute Gasteiger partial charge is 0.494 e. The number of rotatable bonds is 6. The lowest BCUT2D eigenvalue weighted by atomic mass is 9.89. The van der Waals surface area contributed by atoms with Crippen LogP contribution in [0.1, 0.15) is 36.3 Å². The molecule has 0 aliphatic heterocycles. The van der Waals surface area contributed by atoms with E-state index in [9.17, 15) is 9.18 Å². The first-order valence-corrected chi connectivity index (χ1v) is 13.0. The van der Waals surface area contributed by atoms with E-state index in [1.807, 2.05) is 31.2 Å². The molecule has 4 nitrogen and oxygen atoms in total. The average molecular weight is 481 g/mol. The molecule has 0 saturated carbocycles. The molecular weight excluding hydrogens is 455 g/mol. The Morgan fingerprint density at radius 1 is 1.18 bits per heavy atom. The topological polar surface area (TPSA) is 44.1 Å². The Kier molecular flexibility index (Phi) is 6.25. The Labute approximate surface area is 200 Å². The Hall–Kier alpha value is -2.64. The predicted molar refractivity (Wildman–Crippen MR) is 134 cm³/mol. The third kappa shape index (κ3) is 4.44. The second-order valence-electron chi connectivity index (χ2n) is 8.41. The fourth-order valence-corrected chi connectivity index (χ4v) is 6.67. The van der Waals surface area contributed by atoms with Gasteiger partial charge in [0.15, 0.2) is 5.16 Å². The van der Waals surface area contributed by atoms with Gasteiger partial charge in [-0.1, -0.05) is 30.8 Å². The maximum atomic E-state index is 13.9. The highest BCUT2D eigenvalue weighted by molar-refractivity contribution is 7.98. The van der Waals surface area contributed by atoms with Crippen LogP contribution in [0.2, 0.25) is 0 Å². The van der Waals surface area contributed by atoms with E-state index < -0.39 is 0 Å². The van der Waals surface area contributed by atoms with Gasteiger partial charge in [-0.3, -0.25) is 9.36 Å². The Morgan fingerprint density at radius 3 is 2.67 bits per heavy atom. The molecule has 1 unspecified atom stereocenters. The lowest BCUT2D eigenvalue weighted by Crippen LogP contribution is -2.22. The van der Waals surface area contributed by atoms with Crippen LogP contribution >= 0.6 is 23.1 Å². The SMILES string of the molecule is CCOc1ccc(-n2c(SCc3ccc(F)cc3)nc3sc4c(c3c2=O)CCC(C)C4)cc1. The van der Waals surface area contributed by atoms with Crippen molar-refractivity contribution in [2.45, 2.75) is 44.0 Å². The number of halogens is 1. The van der Waals surface area contributed by atoms with Crippen molar-refractivity contribution in [3.05, 3.63) is 80.7 Å². The van der Waals surface area contributed by atoms with Crippen LogP contribution in [0.15, 0.2) is 58.5 Å². The number of fused-ring (bicyclic) bond motifs is 3. The number of thioether (sulfide) groups is 1. The Balaban J connectivity index is 1.62. The van der Waals surface area contributed by atoms with Crippen LogP contribution in [0.5, 0.6) is 5.75 Å². The van der Waals surface area contributed by atoms with Gasteiger partial charge in [0.05, 0.1) is 17.7 Å². The van der Waals surface area contributed by atoms with E-state index in [0.29, 0.717) is 23.4 Å². The fraction of sp³-hybridized carbons (Fsp3) is 0.308. The van der Waals surface area contributed by atoms with Gasteiger partial charge in [0, 0.05) is 10.6 Å². The normalized spacial score (nSPS) is 15.5. The Morgan fingerprint density at radius 2 is 1.94 bits per heavy atom. The quantitative estimate of drug-likeness (QED) is 0.237. The molecular formula is C26H25FN2O2S2. The van der Waals surface area contributed by atoms with Gasteiger partial charge in [-0.05, 0) is 79.6 Å². The van der Waals surface area contributed by atoms with Crippen LogP contribution < -0.4 is 10.3 Å². The Bertz CT molecular complexity index is 1340. The highest BCUT2D eigenvalue weighted by Crippen LogP contribution is 2.37. The minimum atomic E-state index is -0.256. The summed E-state index contributed by atoms with van der Waals surface area (Å²) >= 11 is 3.16. The van der Waals surface area contributed by atoms with E-state index in [1.165, 1.54) is 34.3 Å². The van der Waals surface area contributed by atoms with Crippen molar-refractivity contribution in [2.75, 3.05) is 6.61 Å². The van der Waals surface area contributed by atoms with Gasteiger partial charge < -0.3 is 4.74 Å². The summed E-state index contributed by atoms with van der Waals surface area (Å²) in [5.41, 5.74) is 2.91. The van der Waals surface area contributed by atoms with E-state index in [1.54, 1.807) is 28.0 Å². The van der Waals surface area contributed by atoms with Gasteiger partial charge in [-0.2, -0.15) is 0 Å². The second kappa shape index (κ2) is 9.31. The smallest absolute Gasteiger partial charge is 0.267 e. The third-order valence-corrected chi connectivity index (χ3v) is 8.14. The lowest BCUT2D eigenvalue weighted by molar-refractivity contribution is 0.340. The van der Waals surface area contributed by atoms with E-state index in [0.717, 1.165) is 46.5 Å². The van der Waals surface area contributed by atoms with Crippen LogP contribution in [0, 0.1) is 11.7 Å². The molecule has 1 atom stereocenters. The highest BCUT2D eigenvalue weighted by Gasteiger charge is 2.25. The lowest BCUT2D eigenvalue weighted by Gasteiger charge is -2.18. The molecule has 0 radical (unpaired) electrons. The van der Waals surface area contributed by atoms with E-state index in [4.69, 9.17) is 9.72 Å². The molecule has 4 aromatic rings. The molecule has 0 saturated heterocycles. The molecule has 2 heterocycles. The van der Waals surface area contributed by atoms with Crippen LogP contribution in [0.4, 0.5) is 4.39 Å². The zero-order valence-corrected chi connectivity index (χ0v) is 20.3. The van der Waals surface area contributed by atoms with Crippen molar-refractivity contribution < 1.29 is 9.13 Å². The van der Waals surface area contributed by atoms with Crippen molar-refractivity contribution in [3.8, 4) is 11.4 Å². The molecule has 1 aliphatic carbocycles. The monoisotopic (exact) mass is 480 g/mol. The first kappa shape index (κ1) is 22.2. The van der Waals surface area contributed by atoms with Crippen molar-refractivity contribution in [3.63, 3.8) is 0 Å². The summed E-state index contributed by atoms with van der Waals surface area (Å²) in [7, 11) is 0. The van der Waals surface area contributed by atoms with Crippen molar-refractivity contribution >= 4 is 33.3 Å². The van der Waals surface area contributed by atoms with Crippen LogP contribution in [0.3, 0.4) is 0 Å². The third-order valence-electron chi connectivity index (χ3n) is 5.99. The van der Waals surface area contributed by atoms with Gasteiger partial charge in [0.1, 0.15) is 16.4 Å². The molecule has 2 aromatic carbocycles. The molecule has 0 fully saturated rings. The van der Waals surface area contributed by atoms with Crippen LogP contribution in [0.25, 0.3) is 15.9 Å². The highest BCUT2D eigenvalue weighted by atomic mass is 32.2. The van der Waals surface area contributed by atoms with E-state index >= 15 is 0 Å². The number of aromatic nitrogens is 2. The summed E-state index contributed by atoms with van der Waals surface area (Å²) in [6.45, 7) is 4.80. The summed E-state index contributed by atoms with van der Waals surface area (Å²) in [5, 5.41) is 1.41. The number of nitrogens with zero attached hydrogens (tertiary/aromatic N) is 2. The fourth-order valence-electron chi connectivity index (χ4n) is 4.28. The average Bonchev–Trinajstić information content (AvgIpc) is 3.17. The first-order valence-electron chi connectivity index (χ1n) is 11.2. The van der Waals surface area contributed by atoms with Crippen molar-refractivity contribution in [2.24, 2.45) is 5.92 Å². The summed E-state index contributed by atoms with van der Waals surface area (Å²) in [5.74, 6) is 1.74. The maximum Gasteiger partial charge on any atom is 0.267 e. The van der Waals surface area contributed by atoms with Gasteiger partial charge >= 0.3 is 0 Å². The standard InChI is InChI=1S/C26H25FN2O2S2/c1-3-31-20-11-9-19(10-12-20)29-25(30)23-21-13-4-16(2)14-22(21)33-24(23)28-26(29)32-15-17-5-7-18(27)8-6-17/h5-12,16H,3-4,13-15H2,1-2H3. The molecule has 33 heavy (non-hydrogen) atoms. The zero-order chi connectivity index (χ0) is 22.9. The first-order chi connectivity index (χ1) is 16.0. The van der Waals surface area contributed by atoms with Crippen LogP contribution in [-0.2, 0) is 18.6 Å². The molecule has 2 aromatic heterocycles. The van der Waals surface area contributed by atoms with Gasteiger partial charge in [-0.25, -0.2) is 9.37 Å². The number of benzene rings is 2. The molecule has 0 spiro atoms. The molecule has 1 aliphatic rings. The molecule has 0 N–H and O–H groups in total. The number of hydrogen-bond donors (Lipinski definition) is 0. The van der Waals surface area contributed by atoms with E-state index in [2.05, 4.69) is 6.92 Å². The van der Waals surface area contributed by atoms with Gasteiger partial charge in [0.25, 0.3) is 5.56 Å². The maximum absolute atomic E-state index is 13.9. The number of hydrogen-bond acceptors (Lipinski definition) is 5. The number of thiophene rings is 1. The minimum absolute atomic E-state index is 0.0159. The summed E-state index contributed by atoms with van der Waals surface area (Å²) in [6.07, 6.45) is 3.04. The zero-order valence-electron chi connectivity index (χ0n) is 18.6. The molecule has 0 amide bonds. The van der Waals surface area contributed by atoms with Gasteiger partial charge in [-0.15, -0.1) is 11.3 Å². The molecule has 5 rings (SSSR count). The van der Waals surface area contributed by atoms with Crippen molar-refractivity contribution in [1.82, 2.24) is 9.55 Å². The molecule has 0 bridgehead atoms. The number of aryl methyl sites for hydroxylation is 1. The number of ether oxygens (including phenoxy) is 1. The summed E-state index contributed by atoms with van der Waals surface area (Å²) in [4.78, 5) is 21.0. The summed E-state index contributed by atoms with van der Waals surface area (Å²) in [6, 6.07) is 14.0. The van der Waals surface area contributed by atoms with Gasteiger partial charge in [0.2, 0.25) is 0 Å². The summed E-state index contributed by atoms with van der Waals surface area (Å²) < 4.78 is 20.6. The second-order valence-corrected chi connectivity index (χ2v) is 10.4. The van der Waals surface area contributed by atoms with Crippen LogP contribution in [-0.4, -0.2) is 16.2 Å². The molecule has 7 heteroatoms. The molecule has 170 valence electrons. The van der Waals surface area contributed by atoms with E-state index in [-0.39, 0.29) is 11.4 Å².